The number of nitrogens with one attached hydrogen (secondary N) is 1. The molecule has 21 heavy (non-hydrogen) atoms. The van der Waals surface area contributed by atoms with E-state index in [0.29, 0.717) is 12.1 Å². The molecule has 0 saturated heterocycles. The number of aryl methyl sites for hydroxylation is 2. The molecule has 0 fully saturated rings. The summed E-state index contributed by atoms with van der Waals surface area (Å²) in [5.74, 6) is 0.946. The Morgan fingerprint density at radius 2 is 1.90 bits per heavy atom. The minimum Gasteiger partial charge on any atom is -0.323 e. The van der Waals surface area contributed by atoms with Crippen LogP contribution in [-0.2, 0) is 11.2 Å². The van der Waals surface area contributed by atoms with E-state index in [-0.39, 0.29) is 11.8 Å². The van der Waals surface area contributed by atoms with Crippen molar-refractivity contribution in [2.45, 2.75) is 39.5 Å². The van der Waals surface area contributed by atoms with Gasteiger partial charge in [0.1, 0.15) is 5.82 Å². The van der Waals surface area contributed by atoms with E-state index in [1.807, 2.05) is 19.1 Å². The number of rotatable bonds is 5. The predicted octanol–water partition coefficient (Wildman–Crippen LogP) is 3.48. The van der Waals surface area contributed by atoms with Crippen molar-refractivity contribution < 1.29 is 4.79 Å². The first-order chi connectivity index (χ1) is 10.1. The minimum absolute atomic E-state index is 0.0152. The maximum atomic E-state index is 12.1. The number of amides is 1. The zero-order valence-electron chi connectivity index (χ0n) is 12.8. The average molecular weight is 283 g/mol. The number of carbonyl (C=O) groups excluding carboxylic acids is 1. The largest absolute Gasteiger partial charge is 0.323 e. The van der Waals surface area contributed by atoms with Gasteiger partial charge >= 0.3 is 0 Å². The highest BCUT2D eigenvalue weighted by Crippen LogP contribution is 2.22. The summed E-state index contributed by atoms with van der Waals surface area (Å²) in [4.78, 5) is 20.4. The van der Waals surface area contributed by atoms with E-state index in [9.17, 15) is 4.79 Å². The SMILES string of the molecule is CCc1ncc(NC(=O)CC(C)c2ccccc2C)cn1. The lowest BCUT2D eigenvalue weighted by molar-refractivity contribution is -0.116. The van der Waals surface area contributed by atoms with Crippen molar-refractivity contribution >= 4 is 11.6 Å². The van der Waals surface area contributed by atoms with Gasteiger partial charge in [0.05, 0.1) is 18.1 Å². The molecular formula is C17H21N3O. The minimum atomic E-state index is -0.0152. The lowest BCUT2D eigenvalue weighted by Gasteiger charge is -2.14. The summed E-state index contributed by atoms with van der Waals surface area (Å²) in [6.07, 6.45) is 4.54. The number of anilines is 1. The molecular weight excluding hydrogens is 262 g/mol. The van der Waals surface area contributed by atoms with Crippen LogP contribution in [-0.4, -0.2) is 15.9 Å². The molecule has 2 aromatic rings. The molecule has 110 valence electrons. The average Bonchev–Trinajstić information content (AvgIpc) is 2.48. The summed E-state index contributed by atoms with van der Waals surface area (Å²) >= 11 is 0. The molecule has 4 heteroatoms. The number of hydrogen-bond acceptors (Lipinski definition) is 3. The number of aromatic nitrogens is 2. The first kappa shape index (κ1) is 15.2. The molecule has 0 saturated carbocycles. The highest BCUT2D eigenvalue weighted by atomic mass is 16.1. The normalized spacial score (nSPS) is 12.0. The van der Waals surface area contributed by atoms with Crippen molar-refractivity contribution in [3.05, 3.63) is 53.6 Å². The van der Waals surface area contributed by atoms with Crippen LogP contribution in [0.3, 0.4) is 0 Å². The number of benzene rings is 1. The van der Waals surface area contributed by atoms with Crippen molar-refractivity contribution in [3.63, 3.8) is 0 Å². The summed E-state index contributed by atoms with van der Waals surface area (Å²) in [5.41, 5.74) is 3.08. The van der Waals surface area contributed by atoms with E-state index in [0.717, 1.165) is 12.2 Å². The molecule has 1 N–H and O–H groups in total. The van der Waals surface area contributed by atoms with Crippen molar-refractivity contribution in [2.75, 3.05) is 5.32 Å². The maximum absolute atomic E-state index is 12.1. The maximum Gasteiger partial charge on any atom is 0.225 e. The van der Waals surface area contributed by atoms with Crippen LogP contribution in [0.2, 0.25) is 0 Å². The van der Waals surface area contributed by atoms with Crippen LogP contribution in [0.4, 0.5) is 5.69 Å². The molecule has 4 nitrogen and oxygen atoms in total. The van der Waals surface area contributed by atoms with E-state index in [2.05, 4.69) is 41.3 Å². The first-order valence-corrected chi connectivity index (χ1v) is 7.26. The highest BCUT2D eigenvalue weighted by molar-refractivity contribution is 5.90. The highest BCUT2D eigenvalue weighted by Gasteiger charge is 2.13. The molecule has 1 unspecified atom stereocenters. The molecule has 1 heterocycles. The monoisotopic (exact) mass is 283 g/mol. The molecule has 0 aliphatic heterocycles. The van der Waals surface area contributed by atoms with Gasteiger partial charge in [-0.15, -0.1) is 0 Å². The second kappa shape index (κ2) is 6.97. The van der Waals surface area contributed by atoms with Crippen LogP contribution in [0.5, 0.6) is 0 Å². The Morgan fingerprint density at radius 3 is 2.52 bits per heavy atom. The summed E-state index contributed by atoms with van der Waals surface area (Å²) < 4.78 is 0. The fourth-order valence-corrected chi connectivity index (χ4v) is 2.34. The third-order valence-electron chi connectivity index (χ3n) is 3.52. The Balaban J connectivity index is 1.96. The smallest absolute Gasteiger partial charge is 0.225 e. The van der Waals surface area contributed by atoms with Crippen molar-refractivity contribution in [3.8, 4) is 0 Å². The molecule has 0 radical (unpaired) electrons. The van der Waals surface area contributed by atoms with E-state index in [1.165, 1.54) is 11.1 Å². The van der Waals surface area contributed by atoms with Gasteiger partial charge in [0, 0.05) is 12.8 Å². The molecule has 0 spiro atoms. The first-order valence-electron chi connectivity index (χ1n) is 7.26. The van der Waals surface area contributed by atoms with Gasteiger partial charge in [-0.3, -0.25) is 4.79 Å². The molecule has 1 atom stereocenters. The number of carbonyl (C=O) groups is 1. The predicted molar refractivity (Wildman–Crippen MR) is 84.3 cm³/mol. The quantitative estimate of drug-likeness (QED) is 0.914. The van der Waals surface area contributed by atoms with Gasteiger partial charge in [0.2, 0.25) is 5.91 Å². The van der Waals surface area contributed by atoms with Crippen LogP contribution < -0.4 is 5.32 Å². The van der Waals surface area contributed by atoms with Crippen LogP contribution >= 0.6 is 0 Å². The number of nitrogens with zero attached hydrogens (tertiary/aromatic N) is 2. The Bertz CT molecular complexity index is 608. The van der Waals surface area contributed by atoms with Gasteiger partial charge in [-0.2, -0.15) is 0 Å². The molecule has 0 bridgehead atoms. The van der Waals surface area contributed by atoms with E-state index in [1.54, 1.807) is 12.4 Å². The molecule has 1 aromatic heterocycles. The van der Waals surface area contributed by atoms with Crippen LogP contribution in [0.25, 0.3) is 0 Å². The summed E-state index contributed by atoms with van der Waals surface area (Å²) in [6.45, 7) is 6.14. The molecule has 0 aliphatic rings. The third-order valence-corrected chi connectivity index (χ3v) is 3.52. The molecule has 0 aliphatic carbocycles. The summed E-state index contributed by atoms with van der Waals surface area (Å²) in [7, 11) is 0. The zero-order chi connectivity index (χ0) is 15.2. The van der Waals surface area contributed by atoms with Gasteiger partial charge in [-0.25, -0.2) is 9.97 Å². The van der Waals surface area contributed by atoms with Gasteiger partial charge < -0.3 is 5.32 Å². The van der Waals surface area contributed by atoms with E-state index < -0.39 is 0 Å². The standard InChI is InChI=1S/C17H21N3O/c1-4-16-18-10-14(11-19-16)20-17(21)9-13(3)15-8-6-5-7-12(15)2/h5-8,10-11,13H,4,9H2,1-3H3,(H,20,21). The Labute approximate surface area is 125 Å². The van der Waals surface area contributed by atoms with Gasteiger partial charge in [0.15, 0.2) is 0 Å². The van der Waals surface area contributed by atoms with Crippen LogP contribution in [0.15, 0.2) is 36.7 Å². The van der Waals surface area contributed by atoms with Gasteiger partial charge in [-0.05, 0) is 24.0 Å². The topological polar surface area (TPSA) is 54.9 Å². The molecule has 1 aromatic carbocycles. The Morgan fingerprint density at radius 1 is 1.24 bits per heavy atom. The van der Waals surface area contributed by atoms with Gasteiger partial charge in [0.25, 0.3) is 0 Å². The molecule has 1 amide bonds. The zero-order valence-corrected chi connectivity index (χ0v) is 12.8. The van der Waals surface area contributed by atoms with Crippen LogP contribution in [0, 0.1) is 6.92 Å². The lowest BCUT2D eigenvalue weighted by atomic mass is 9.93. The van der Waals surface area contributed by atoms with Gasteiger partial charge in [-0.1, -0.05) is 38.1 Å². The van der Waals surface area contributed by atoms with Crippen LogP contribution in [0.1, 0.15) is 43.1 Å². The second-order valence-corrected chi connectivity index (χ2v) is 5.25. The van der Waals surface area contributed by atoms with Crippen molar-refractivity contribution in [1.82, 2.24) is 9.97 Å². The Hall–Kier alpha value is -2.23. The summed E-state index contributed by atoms with van der Waals surface area (Å²) in [5, 5.41) is 2.85. The second-order valence-electron chi connectivity index (χ2n) is 5.25. The molecule has 2 rings (SSSR count). The fraction of sp³-hybridized carbons (Fsp3) is 0.353. The fourth-order valence-electron chi connectivity index (χ4n) is 2.34. The Kier molecular flexibility index (Phi) is 5.04. The van der Waals surface area contributed by atoms with Crippen molar-refractivity contribution in [2.24, 2.45) is 0 Å². The van der Waals surface area contributed by atoms with E-state index in [4.69, 9.17) is 0 Å². The van der Waals surface area contributed by atoms with Crippen molar-refractivity contribution in [1.29, 1.82) is 0 Å². The lowest BCUT2D eigenvalue weighted by Crippen LogP contribution is -2.15. The number of hydrogen-bond donors (Lipinski definition) is 1. The summed E-state index contributed by atoms with van der Waals surface area (Å²) in [6, 6.07) is 8.17. The van der Waals surface area contributed by atoms with E-state index >= 15 is 0 Å². The third kappa shape index (κ3) is 4.12.